The topological polar surface area (TPSA) is 41.9 Å². The minimum Gasteiger partial charge on any atom is -0.444 e. The van der Waals surface area contributed by atoms with E-state index < -0.39 is 11.1 Å². The third-order valence-corrected chi connectivity index (χ3v) is 3.82. The van der Waals surface area contributed by atoms with Gasteiger partial charge in [-0.15, -0.1) is 0 Å². The van der Waals surface area contributed by atoms with Gasteiger partial charge in [0.05, 0.1) is 5.69 Å². The van der Waals surface area contributed by atoms with E-state index in [2.05, 4.69) is 11.1 Å². The summed E-state index contributed by atoms with van der Waals surface area (Å²) in [7, 11) is 0. The molecule has 1 amide bonds. The quantitative estimate of drug-likeness (QED) is 0.723. The Kier molecular flexibility index (Phi) is 2.85. The Bertz CT molecular complexity index is 574. The predicted octanol–water partition coefficient (Wildman–Crippen LogP) is 3.63. The molecule has 1 unspecified atom stereocenters. The summed E-state index contributed by atoms with van der Waals surface area (Å²) >= 11 is 0. The van der Waals surface area contributed by atoms with Crippen LogP contribution in [-0.2, 0) is 10.3 Å². The fourth-order valence-electron chi connectivity index (χ4n) is 3.02. The smallest absolute Gasteiger partial charge is 0.411 e. The molecule has 2 aliphatic heterocycles. The van der Waals surface area contributed by atoms with Crippen LogP contribution in [0.5, 0.6) is 0 Å². The second kappa shape index (κ2) is 4.33. The third-order valence-electron chi connectivity index (χ3n) is 3.82. The van der Waals surface area contributed by atoms with Gasteiger partial charge in [-0.2, -0.15) is 0 Å². The van der Waals surface area contributed by atoms with E-state index in [1.165, 1.54) is 0 Å². The molecule has 0 aliphatic carbocycles. The largest absolute Gasteiger partial charge is 0.444 e. The zero-order chi connectivity index (χ0) is 14.4. The molecule has 1 aromatic rings. The molecule has 1 saturated heterocycles. The van der Waals surface area contributed by atoms with Crippen LogP contribution in [0.2, 0.25) is 0 Å². The van der Waals surface area contributed by atoms with E-state index in [1.807, 2.05) is 50.1 Å². The van der Waals surface area contributed by atoms with Crippen LogP contribution in [0.3, 0.4) is 0 Å². The lowest BCUT2D eigenvalue weighted by molar-refractivity contribution is 0.0174. The molecule has 0 saturated carbocycles. The molecule has 1 atom stereocenters. The van der Waals surface area contributed by atoms with E-state index in [0.29, 0.717) is 0 Å². The Labute approximate surface area is 119 Å². The third kappa shape index (κ3) is 1.99. The second-order valence-electron chi connectivity index (χ2n) is 6.44. The molecule has 2 aliphatic rings. The van der Waals surface area contributed by atoms with Crippen LogP contribution in [0.4, 0.5) is 10.5 Å². The van der Waals surface area contributed by atoms with Gasteiger partial charge in [0.2, 0.25) is 0 Å². The second-order valence-corrected chi connectivity index (χ2v) is 6.44. The van der Waals surface area contributed by atoms with Gasteiger partial charge in [-0.05, 0) is 39.7 Å². The lowest BCUT2D eigenvalue weighted by Gasteiger charge is -2.35. The number of carbonyl (C=O) groups is 1. The molecule has 2 heterocycles. The minimum absolute atomic E-state index is 0.252. The van der Waals surface area contributed by atoms with Crippen molar-refractivity contribution in [3.05, 3.63) is 29.8 Å². The van der Waals surface area contributed by atoms with E-state index in [1.54, 1.807) is 0 Å². The van der Waals surface area contributed by atoms with E-state index in [0.717, 1.165) is 30.6 Å². The van der Waals surface area contributed by atoms with Crippen molar-refractivity contribution in [1.29, 1.82) is 0 Å². The van der Waals surface area contributed by atoms with Gasteiger partial charge >= 0.3 is 6.09 Å². The molecule has 1 spiro atoms. The van der Waals surface area contributed by atoms with Crippen molar-refractivity contribution in [2.45, 2.75) is 44.8 Å². The molecule has 4 nitrogen and oxygen atoms in total. The fraction of sp³-hybridized carbons (Fsp3) is 0.500. The average Bonchev–Trinajstić information content (AvgIpc) is 2.95. The molecule has 1 fully saturated rings. The standard InChI is InChI=1S/C16H20N2O2/c1-15(2,3)20-14(19)18-10-6-9-16(18)11-17-13-8-5-4-7-12(13)16/h4-5,7-8,11H,6,9-10H2,1-3H3. The molecule has 1 aromatic carbocycles. The number of rotatable bonds is 0. The summed E-state index contributed by atoms with van der Waals surface area (Å²) in [5.74, 6) is 0. The summed E-state index contributed by atoms with van der Waals surface area (Å²) in [5.41, 5.74) is 1.20. The number of fused-ring (bicyclic) bond motifs is 2. The highest BCUT2D eigenvalue weighted by Gasteiger charge is 2.48. The van der Waals surface area contributed by atoms with Gasteiger partial charge < -0.3 is 4.74 Å². The molecule has 0 aromatic heterocycles. The van der Waals surface area contributed by atoms with Crippen LogP contribution in [0, 0.1) is 0 Å². The SMILES string of the molecule is CC(C)(C)OC(=O)N1CCCC12C=Nc1ccccc12. The molecular weight excluding hydrogens is 252 g/mol. The number of ether oxygens (including phenoxy) is 1. The number of hydrogen-bond acceptors (Lipinski definition) is 3. The zero-order valence-corrected chi connectivity index (χ0v) is 12.2. The lowest BCUT2D eigenvalue weighted by atomic mass is 9.89. The number of likely N-dealkylation sites (tertiary alicyclic amines) is 1. The maximum Gasteiger partial charge on any atom is 0.411 e. The Hall–Kier alpha value is -1.84. The van der Waals surface area contributed by atoms with Crippen LogP contribution in [0.25, 0.3) is 0 Å². The molecule has 0 N–H and O–H groups in total. The number of carbonyl (C=O) groups excluding carboxylic acids is 1. The first-order valence-corrected chi connectivity index (χ1v) is 7.08. The zero-order valence-electron chi connectivity index (χ0n) is 12.2. The number of aliphatic imine (C=N–C) groups is 1. The first kappa shape index (κ1) is 13.2. The highest BCUT2D eigenvalue weighted by molar-refractivity contribution is 5.89. The summed E-state index contributed by atoms with van der Waals surface area (Å²) in [6.45, 7) is 6.40. The van der Waals surface area contributed by atoms with Crippen molar-refractivity contribution in [2.75, 3.05) is 6.54 Å². The number of benzene rings is 1. The summed E-state index contributed by atoms with van der Waals surface area (Å²) in [6, 6.07) is 8.03. The maximum atomic E-state index is 12.5. The summed E-state index contributed by atoms with van der Waals surface area (Å²) in [5, 5.41) is 0. The van der Waals surface area contributed by atoms with Crippen LogP contribution < -0.4 is 0 Å². The highest BCUT2D eigenvalue weighted by atomic mass is 16.6. The van der Waals surface area contributed by atoms with Crippen molar-refractivity contribution in [3.8, 4) is 0 Å². The molecule has 20 heavy (non-hydrogen) atoms. The van der Waals surface area contributed by atoms with E-state index in [4.69, 9.17) is 4.74 Å². The van der Waals surface area contributed by atoms with Crippen LogP contribution in [0.1, 0.15) is 39.2 Å². The lowest BCUT2D eigenvalue weighted by Crippen LogP contribution is -2.47. The van der Waals surface area contributed by atoms with E-state index in [9.17, 15) is 4.79 Å². The summed E-state index contributed by atoms with van der Waals surface area (Å²) < 4.78 is 5.55. The molecule has 106 valence electrons. The van der Waals surface area contributed by atoms with Gasteiger partial charge in [0.15, 0.2) is 0 Å². The van der Waals surface area contributed by atoms with E-state index >= 15 is 0 Å². The van der Waals surface area contributed by atoms with Crippen LogP contribution in [0.15, 0.2) is 29.3 Å². The molecule has 0 bridgehead atoms. The van der Waals surface area contributed by atoms with Gasteiger partial charge in [0.1, 0.15) is 11.1 Å². The molecule has 0 radical (unpaired) electrons. The Morgan fingerprint density at radius 3 is 2.85 bits per heavy atom. The predicted molar refractivity (Wildman–Crippen MR) is 78.4 cm³/mol. The summed E-state index contributed by atoms with van der Waals surface area (Å²) in [6.07, 6.45) is 3.54. The fourth-order valence-corrected chi connectivity index (χ4v) is 3.02. The maximum absolute atomic E-state index is 12.5. The first-order valence-electron chi connectivity index (χ1n) is 7.08. The monoisotopic (exact) mass is 272 g/mol. The van der Waals surface area contributed by atoms with Crippen molar-refractivity contribution in [1.82, 2.24) is 4.90 Å². The van der Waals surface area contributed by atoms with Crippen molar-refractivity contribution < 1.29 is 9.53 Å². The Morgan fingerprint density at radius 1 is 1.35 bits per heavy atom. The number of amides is 1. The normalized spacial score (nSPS) is 24.2. The van der Waals surface area contributed by atoms with E-state index in [-0.39, 0.29) is 6.09 Å². The van der Waals surface area contributed by atoms with Gasteiger partial charge in [-0.1, -0.05) is 18.2 Å². The highest BCUT2D eigenvalue weighted by Crippen LogP contribution is 2.46. The average molecular weight is 272 g/mol. The van der Waals surface area contributed by atoms with Crippen molar-refractivity contribution >= 4 is 18.0 Å². The first-order chi connectivity index (χ1) is 9.42. The Morgan fingerprint density at radius 2 is 2.10 bits per heavy atom. The van der Waals surface area contributed by atoms with Gasteiger partial charge in [-0.25, -0.2) is 4.79 Å². The number of hydrogen-bond donors (Lipinski definition) is 0. The van der Waals surface area contributed by atoms with Crippen molar-refractivity contribution in [2.24, 2.45) is 4.99 Å². The molecular formula is C16H20N2O2. The van der Waals surface area contributed by atoms with Crippen molar-refractivity contribution in [3.63, 3.8) is 0 Å². The molecule has 4 heteroatoms. The van der Waals surface area contributed by atoms with Gasteiger partial charge in [0, 0.05) is 18.3 Å². The number of nitrogens with zero attached hydrogens (tertiary/aromatic N) is 2. The number of para-hydroxylation sites is 1. The van der Waals surface area contributed by atoms with Gasteiger partial charge in [-0.3, -0.25) is 9.89 Å². The Balaban J connectivity index is 1.95. The minimum atomic E-state index is -0.476. The molecule has 3 rings (SSSR count). The summed E-state index contributed by atoms with van der Waals surface area (Å²) in [4.78, 5) is 18.8. The van der Waals surface area contributed by atoms with Crippen LogP contribution >= 0.6 is 0 Å². The van der Waals surface area contributed by atoms with Gasteiger partial charge in [0.25, 0.3) is 0 Å². The van der Waals surface area contributed by atoms with Crippen LogP contribution in [-0.4, -0.2) is 29.4 Å².